The zero-order valence-corrected chi connectivity index (χ0v) is 11.3. The number of anilines is 1. The fourth-order valence-corrected chi connectivity index (χ4v) is 2.36. The molecule has 0 radical (unpaired) electrons. The van der Waals surface area contributed by atoms with E-state index in [-0.39, 0.29) is 11.3 Å². The third-order valence-corrected chi connectivity index (χ3v) is 3.37. The van der Waals surface area contributed by atoms with Crippen LogP contribution in [0.2, 0.25) is 0 Å². The van der Waals surface area contributed by atoms with Gasteiger partial charge in [0.15, 0.2) is 0 Å². The smallest absolute Gasteiger partial charge is 0.262 e. The lowest BCUT2D eigenvalue weighted by Gasteiger charge is -2.22. The largest absolute Gasteiger partial charge is 0.507 e. The first-order valence-corrected chi connectivity index (χ1v) is 6.69. The lowest BCUT2D eigenvalue weighted by Crippen LogP contribution is -2.31. The van der Waals surface area contributed by atoms with Gasteiger partial charge in [0, 0.05) is 6.54 Å². The van der Waals surface area contributed by atoms with Crippen LogP contribution in [-0.2, 0) is 0 Å². The number of fused-ring (bicyclic) bond motifs is 1. The van der Waals surface area contributed by atoms with Crippen molar-refractivity contribution in [3.05, 3.63) is 53.8 Å². The van der Waals surface area contributed by atoms with Gasteiger partial charge in [0.1, 0.15) is 17.3 Å². The standard InChI is InChI=1S/C16H14FNO3/c17-11-6-7-14(19)12(10-11)16(20)18-8-3-9-21-15-5-2-1-4-13(15)18/h1-2,4-7,10,19H,3,8-9H2. The number of carbonyl (C=O) groups excluding carboxylic acids is 1. The van der Waals surface area contributed by atoms with Crippen LogP contribution in [0.5, 0.6) is 11.5 Å². The second-order valence-electron chi connectivity index (χ2n) is 4.79. The molecule has 0 atom stereocenters. The number of nitrogens with zero attached hydrogens (tertiary/aromatic N) is 1. The highest BCUT2D eigenvalue weighted by Gasteiger charge is 2.25. The summed E-state index contributed by atoms with van der Waals surface area (Å²) in [6.45, 7) is 0.960. The van der Waals surface area contributed by atoms with Crippen LogP contribution < -0.4 is 9.64 Å². The van der Waals surface area contributed by atoms with E-state index in [1.165, 1.54) is 11.0 Å². The van der Waals surface area contributed by atoms with Gasteiger partial charge < -0.3 is 14.7 Å². The van der Waals surface area contributed by atoms with Crippen molar-refractivity contribution in [1.29, 1.82) is 0 Å². The molecule has 2 aromatic carbocycles. The molecule has 0 aliphatic carbocycles. The van der Waals surface area contributed by atoms with Crippen LogP contribution in [0.25, 0.3) is 0 Å². The van der Waals surface area contributed by atoms with Crippen LogP contribution in [0.3, 0.4) is 0 Å². The summed E-state index contributed by atoms with van der Waals surface area (Å²) < 4.78 is 18.9. The SMILES string of the molecule is O=C(c1cc(F)ccc1O)N1CCCOc2ccccc21. The summed E-state index contributed by atoms with van der Waals surface area (Å²) in [6.07, 6.45) is 0.663. The maximum absolute atomic E-state index is 13.3. The number of hydrogen-bond acceptors (Lipinski definition) is 3. The number of phenols is 1. The van der Waals surface area contributed by atoms with Gasteiger partial charge in [-0.15, -0.1) is 0 Å². The molecule has 0 fully saturated rings. The summed E-state index contributed by atoms with van der Waals surface area (Å²) in [5.41, 5.74) is 0.579. The Hall–Kier alpha value is -2.56. The fraction of sp³-hybridized carbons (Fsp3) is 0.188. The maximum Gasteiger partial charge on any atom is 0.262 e. The van der Waals surface area contributed by atoms with E-state index in [1.807, 2.05) is 6.07 Å². The average Bonchev–Trinajstić information content (AvgIpc) is 2.71. The Morgan fingerprint density at radius 3 is 2.90 bits per heavy atom. The molecule has 2 aromatic rings. The molecule has 4 nitrogen and oxygen atoms in total. The number of carbonyl (C=O) groups is 1. The topological polar surface area (TPSA) is 49.8 Å². The van der Waals surface area contributed by atoms with Crippen molar-refractivity contribution >= 4 is 11.6 Å². The molecule has 0 saturated heterocycles. The van der Waals surface area contributed by atoms with Gasteiger partial charge in [-0.2, -0.15) is 0 Å². The highest BCUT2D eigenvalue weighted by Crippen LogP contribution is 2.32. The monoisotopic (exact) mass is 287 g/mol. The number of aromatic hydroxyl groups is 1. The Labute approximate surface area is 121 Å². The van der Waals surface area contributed by atoms with Gasteiger partial charge in [0.05, 0.1) is 17.9 Å². The lowest BCUT2D eigenvalue weighted by atomic mass is 10.1. The Morgan fingerprint density at radius 1 is 1.24 bits per heavy atom. The Bertz CT molecular complexity index is 687. The molecule has 0 saturated carbocycles. The van der Waals surface area contributed by atoms with Crippen molar-refractivity contribution < 1.29 is 19.0 Å². The Morgan fingerprint density at radius 2 is 2.05 bits per heavy atom. The molecule has 1 aliphatic rings. The first-order chi connectivity index (χ1) is 10.2. The van der Waals surface area contributed by atoms with Crippen LogP contribution >= 0.6 is 0 Å². The highest BCUT2D eigenvalue weighted by atomic mass is 19.1. The van der Waals surface area contributed by atoms with Crippen molar-refractivity contribution in [1.82, 2.24) is 0 Å². The maximum atomic E-state index is 13.3. The van der Waals surface area contributed by atoms with E-state index < -0.39 is 11.7 Å². The number of amides is 1. The summed E-state index contributed by atoms with van der Waals surface area (Å²) >= 11 is 0. The van der Waals surface area contributed by atoms with Crippen LogP contribution in [0.15, 0.2) is 42.5 Å². The number of benzene rings is 2. The summed E-state index contributed by atoms with van der Waals surface area (Å²) in [4.78, 5) is 14.1. The summed E-state index contributed by atoms with van der Waals surface area (Å²) in [6, 6.07) is 10.5. The first kappa shape index (κ1) is 13.4. The summed E-state index contributed by atoms with van der Waals surface area (Å²) in [5.74, 6) is -0.622. The Balaban J connectivity index is 2.03. The molecule has 21 heavy (non-hydrogen) atoms. The second kappa shape index (κ2) is 5.44. The molecular formula is C16H14FNO3. The molecule has 1 aliphatic heterocycles. The number of phenolic OH excluding ortho intramolecular Hbond substituents is 1. The van der Waals surface area contributed by atoms with Crippen molar-refractivity contribution in [2.75, 3.05) is 18.1 Å². The zero-order chi connectivity index (χ0) is 14.8. The highest BCUT2D eigenvalue weighted by molar-refractivity contribution is 6.08. The van der Waals surface area contributed by atoms with Gasteiger partial charge in [-0.05, 0) is 36.8 Å². The molecule has 1 N–H and O–H groups in total. The van der Waals surface area contributed by atoms with Crippen LogP contribution in [0.4, 0.5) is 10.1 Å². The quantitative estimate of drug-likeness (QED) is 0.877. The Kier molecular flexibility index (Phi) is 3.48. The van der Waals surface area contributed by atoms with Crippen molar-refractivity contribution in [3.63, 3.8) is 0 Å². The molecule has 1 amide bonds. The number of rotatable bonds is 1. The van der Waals surface area contributed by atoms with E-state index in [0.29, 0.717) is 31.0 Å². The van der Waals surface area contributed by atoms with Gasteiger partial charge in [-0.1, -0.05) is 12.1 Å². The number of ether oxygens (including phenoxy) is 1. The van der Waals surface area contributed by atoms with Crippen LogP contribution in [0.1, 0.15) is 16.8 Å². The number of halogens is 1. The van der Waals surface area contributed by atoms with Crippen LogP contribution in [-0.4, -0.2) is 24.2 Å². The normalized spacial score (nSPS) is 14.0. The first-order valence-electron chi connectivity index (χ1n) is 6.69. The minimum Gasteiger partial charge on any atom is -0.507 e. The zero-order valence-electron chi connectivity index (χ0n) is 11.3. The molecule has 0 unspecified atom stereocenters. The third-order valence-electron chi connectivity index (χ3n) is 3.37. The lowest BCUT2D eigenvalue weighted by molar-refractivity contribution is 0.0984. The van der Waals surface area contributed by atoms with Crippen LogP contribution in [0, 0.1) is 5.82 Å². The van der Waals surface area contributed by atoms with Crippen molar-refractivity contribution in [3.8, 4) is 11.5 Å². The van der Waals surface area contributed by atoms with E-state index >= 15 is 0 Å². The van der Waals surface area contributed by atoms with Gasteiger partial charge in [0.2, 0.25) is 0 Å². The van der Waals surface area contributed by atoms with E-state index in [1.54, 1.807) is 18.2 Å². The molecule has 3 rings (SSSR count). The number of para-hydroxylation sites is 2. The van der Waals surface area contributed by atoms with Gasteiger partial charge >= 0.3 is 0 Å². The molecule has 108 valence electrons. The molecule has 0 bridgehead atoms. The third kappa shape index (κ3) is 2.54. The predicted octanol–water partition coefficient (Wildman–Crippen LogP) is 2.96. The summed E-state index contributed by atoms with van der Waals surface area (Å²) in [7, 11) is 0. The second-order valence-corrected chi connectivity index (χ2v) is 4.79. The van der Waals surface area contributed by atoms with E-state index in [2.05, 4.69) is 0 Å². The predicted molar refractivity (Wildman–Crippen MR) is 76.3 cm³/mol. The van der Waals surface area contributed by atoms with Gasteiger partial charge in [-0.3, -0.25) is 4.79 Å². The minimum absolute atomic E-state index is 0.0493. The van der Waals surface area contributed by atoms with E-state index in [4.69, 9.17) is 4.74 Å². The van der Waals surface area contributed by atoms with E-state index in [0.717, 1.165) is 12.1 Å². The molecule has 0 spiro atoms. The summed E-state index contributed by atoms with van der Waals surface area (Å²) in [5, 5.41) is 9.81. The average molecular weight is 287 g/mol. The molecule has 0 aromatic heterocycles. The van der Waals surface area contributed by atoms with Crippen molar-refractivity contribution in [2.45, 2.75) is 6.42 Å². The van der Waals surface area contributed by atoms with Gasteiger partial charge in [0.25, 0.3) is 5.91 Å². The van der Waals surface area contributed by atoms with Gasteiger partial charge in [-0.25, -0.2) is 4.39 Å². The number of hydrogen-bond donors (Lipinski definition) is 1. The molecule has 1 heterocycles. The molecule has 5 heteroatoms. The van der Waals surface area contributed by atoms with Crippen molar-refractivity contribution in [2.24, 2.45) is 0 Å². The molecular weight excluding hydrogens is 273 g/mol. The fourth-order valence-electron chi connectivity index (χ4n) is 2.36. The minimum atomic E-state index is -0.560. The van der Waals surface area contributed by atoms with E-state index in [9.17, 15) is 14.3 Å².